The second-order valence-corrected chi connectivity index (χ2v) is 7.34. The number of hydrogen-bond donors (Lipinski definition) is 0. The number of hydrogen-bond acceptors (Lipinski definition) is 5. The molecule has 0 unspecified atom stereocenters. The Morgan fingerprint density at radius 2 is 1.78 bits per heavy atom. The van der Waals surface area contributed by atoms with Gasteiger partial charge in [-0.15, -0.1) is 0 Å². The molecule has 7 nitrogen and oxygen atoms in total. The number of halogens is 3. The SMILES string of the molecule is CC(C)(C)OC(=O)N1CCN(Cc2ccc([N+](=O)[O-])cc2C(F)(F)F)CC1. The Labute approximate surface area is 154 Å². The van der Waals surface area contributed by atoms with Crippen LogP contribution in [0.25, 0.3) is 0 Å². The Bertz CT molecular complexity index is 708. The Morgan fingerprint density at radius 1 is 1.19 bits per heavy atom. The third-order valence-electron chi connectivity index (χ3n) is 4.03. The van der Waals surface area contributed by atoms with Crippen molar-refractivity contribution in [1.82, 2.24) is 9.80 Å². The number of benzene rings is 1. The molecule has 1 aromatic carbocycles. The van der Waals surface area contributed by atoms with Crippen LogP contribution in [0.4, 0.5) is 23.7 Å². The zero-order valence-corrected chi connectivity index (χ0v) is 15.4. The van der Waals surface area contributed by atoms with E-state index in [9.17, 15) is 28.1 Å². The van der Waals surface area contributed by atoms with Crippen molar-refractivity contribution in [2.75, 3.05) is 26.2 Å². The fraction of sp³-hybridized carbons (Fsp3) is 0.588. The fourth-order valence-corrected chi connectivity index (χ4v) is 2.74. The van der Waals surface area contributed by atoms with E-state index in [0.717, 1.165) is 12.1 Å². The van der Waals surface area contributed by atoms with Gasteiger partial charge in [0.05, 0.1) is 10.5 Å². The lowest BCUT2D eigenvalue weighted by Crippen LogP contribution is -2.49. The van der Waals surface area contributed by atoms with Gasteiger partial charge < -0.3 is 9.64 Å². The molecule has 1 aromatic rings. The number of carbonyl (C=O) groups is 1. The van der Waals surface area contributed by atoms with Crippen molar-refractivity contribution in [2.45, 2.75) is 39.1 Å². The van der Waals surface area contributed by atoms with Gasteiger partial charge in [0.15, 0.2) is 0 Å². The van der Waals surface area contributed by atoms with Gasteiger partial charge in [-0.3, -0.25) is 15.0 Å². The first-order valence-electron chi connectivity index (χ1n) is 8.41. The second-order valence-electron chi connectivity index (χ2n) is 7.34. The third kappa shape index (κ3) is 5.81. The summed E-state index contributed by atoms with van der Waals surface area (Å²) in [5.74, 6) is 0. The van der Waals surface area contributed by atoms with Gasteiger partial charge in [-0.2, -0.15) is 13.2 Å². The van der Waals surface area contributed by atoms with Crippen LogP contribution in [0.2, 0.25) is 0 Å². The Hall–Kier alpha value is -2.36. The lowest BCUT2D eigenvalue weighted by molar-refractivity contribution is -0.385. The van der Waals surface area contributed by atoms with Crippen LogP contribution in [-0.2, 0) is 17.5 Å². The summed E-state index contributed by atoms with van der Waals surface area (Å²) >= 11 is 0. The number of nitro groups is 1. The number of nitrogens with zero attached hydrogens (tertiary/aromatic N) is 3. The average molecular weight is 389 g/mol. The smallest absolute Gasteiger partial charge is 0.416 e. The van der Waals surface area contributed by atoms with Crippen LogP contribution >= 0.6 is 0 Å². The average Bonchev–Trinajstić information content (AvgIpc) is 2.53. The van der Waals surface area contributed by atoms with Gasteiger partial charge >= 0.3 is 12.3 Å². The van der Waals surface area contributed by atoms with Gasteiger partial charge in [-0.25, -0.2) is 4.79 Å². The van der Waals surface area contributed by atoms with Crippen LogP contribution in [0.15, 0.2) is 18.2 Å². The summed E-state index contributed by atoms with van der Waals surface area (Å²) in [7, 11) is 0. The summed E-state index contributed by atoms with van der Waals surface area (Å²) in [6, 6.07) is 2.77. The van der Waals surface area contributed by atoms with Gasteiger partial charge in [0.1, 0.15) is 5.60 Å². The van der Waals surface area contributed by atoms with Crippen molar-refractivity contribution in [3.63, 3.8) is 0 Å². The molecule has 0 bridgehead atoms. The highest BCUT2D eigenvalue weighted by atomic mass is 19.4. The van der Waals surface area contributed by atoms with Crippen LogP contribution in [0.3, 0.4) is 0 Å². The fourth-order valence-electron chi connectivity index (χ4n) is 2.74. The monoisotopic (exact) mass is 389 g/mol. The summed E-state index contributed by atoms with van der Waals surface area (Å²) in [6.45, 7) is 6.71. The van der Waals surface area contributed by atoms with Crippen molar-refractivity contribution >= 4 is 11.8 Å². The molecule has 2 rings (SSSR count). The van der Waals surface area contributed by atoms with E-state index < -0.39 is 34.0 Å². The third-order valence-corrected chi connectivity index (χ3v) is 4.03. The standard InChI is InChI=1S/C17H22F3N3O4/c1-16(2,3)27-15(24)22-8-6-21(7-9-22)11-12-4-5-13(23(25)26)10-14(12)17(18,19)20/h4-5,10H,6-9,11H2,1-3H3. The summed E-state index contributed by atoms with van der Waals surface area (Å²) < 4.78 is 45.1. The maximum atomic E-state index is 13.3. The largest absolute Gasteiger partial charge is 0.444 e. The lowest BCUT2D eigenvalue weighted by Gasteiger charge is -2.35. The summed E-state index contributed by atoms with van der Waals surface area (Å²) in [5, 5.41) is 10.8. The van der Waals surface area contributed by atoms with Crippen LogP contribution < -0.4 is 0 Å². The van der Waals surface area contributed by atoms with Crippen molar-refractivity contribution in [3.8, 4) is 0 Å². The highest BCUT2D eigenvalue weighted by Gasteiger charge is 2.35. The molecule has 150 valence electrons. The first kappa shape index (κ1) is 20.9. The molecule has 0 radical (unpaired) electrons. The molecule has 0 aliphatic carbocycles. The van der Waals surface area contributed by atoms with Crippen molar-refractivity contribution in [2.24, 2.45) is 0 Å². The minimum atomic E-state index is -4.68. The molecule has 0 atom stereocenters. The van der Waals surface area contributed by atoms with Crippen molar-refractivity contribution in [1.29, 1.82) is 0 Å². The topological polar surface area (TPSA) is 75.9 Å². The Morgan fingerprint density at radius 3 is 2.26 bits per heavy atom. The number of nitro benzene ring substituents is 1. The van der Waals surface area contributed by atoms with E-state index in [0.29, 0.717) is 32.2 Å². The molecule has 0 spiro atoms. The number of ether oxygens (including phenoxy) is 1. The van der Waals surface area contributed by atoms with Crippen LogP contribution in [0.5, 0.6) is 0 Å². The van der Waals surface area contributed by atoms with Gasteiger partial charge in [0.25, 0.3) is 5.69 Å². The molecule has 1 amide bonds. The van der Waals surface area contributed by atoms with E-state index in [4.69, 9.17) is 4.74 Å². The van der Waals surface area contributed by atoms with E-state index in [2.05, 4.69) is 0 Å². The maximum absolute atomic E-state index is 13.3. The molecule has 0 aromatic heterocycles. The summed E-state index contributed by atoms with van der Waals surface area (Å²) in [5.41, 5.74) is -2.25. The van der Waals surface area contributed by atoms with Gasteiger partial charge in [0.2, 0.25) is 0 Å². The predicted molar refractivity (Wildman–Crippen MR) is 91.2 cm³/mol. The molecule has 0 saturated carbocycles. The van der Waals surface area contributed by atoms with Crippen LogP contribution in [0, 0.1) is 10.1 Å². The van der Waals surface area contributed by atoms with Gasteiger partial charge in [0, 0.05) is 44.9 Å². The molecule has 1 heterocycles. The maximum Gasteiger partial charge on any atom is 0.416 e. The van der Waals surface area contributed by atoms with Crippen molar-refractivity contribution in [3.05, 3.63) is 39.4 Å². The first-order valence-corrected chi connectivity index (χ1v) is 8.41. The normalized spacial score (nSPS) is 16.3. The minimum Gasteiger partial charge on any atom is -0.444 e. The first-order chi connectivity index (χ1) is 12.4. The Balaban J connectivity index is 2.05. The Kier molecular flexibility index (Phi) is 5.98. The number of non-ortho nitro benzene ring substituents is 1. The van der Waals surface area contributed by atoms with E-state index in [1.54, 1.807) is 25.7 Å². The number of amides is 1. The zero-order valence-electron chi connectivity index (χ0n) is 15.4. The minimum absolute atomic E-state index is 0.00496. The molecule has 0 N–H and O–H groups in total. The lowest BCUT2D eigenvalue weighted by atomic mass is 10.0. The van der Waals surface area contributed by atoms with E-state index in [1.807, 2.05) is 0 Å². The highest BCUT2D eigenvalue weighted by Crippen LogP contribution is 2.35. The van der Waals surface area contributed by atoms with Crippen molar-refractivity contribution < 1.29 is 27.6 Å². The van der Waals surface area contributed by atoms with E-state index >= 15 is 0 Å². The zero-order chi connectivity index (χ0) is 20.4. The molecular weight excluding hydrogens is 367 g/mol. The van der Waals surface area contributed by atoms with Gasteiger partial charge in [-0.05, 0) is 26.3 Å². The molecule has 10 heteroatoms. The van der Waals surface area contributed by atoms with Gasteiger partial charge in [-0.1, -0.05) is 6.07 Å². The van der Waals surface area contributed by atoms with E-state index in [1.165, 1.54) is 4.90 Å². The second kappa shape index (κ2) is 7.71. The van der Waals surface area contributed by atoms with Crippen LogP contribution in [-0.4, -0.2) is 52.6 Å². The number of carbonyl (C=O) groups excluding carboxylic acids is 1. The van der Waals surface area contributed by atoms with Crippen LogP contribution in [0.1, 0.15) is 31.9 Å². The highest BCUT2D eigenvalue weighted by molar-refractivity contribution is 5.68. The molecule has 1 saturated heterocycles. The molecular formula is C17H22F3N3O4. The molecule has 1 aliphatic heterocycles. The summed E-state index contributed by atoms with van der Waals surface area (Å²) in [4.78, 5) is 25.2. The predicted octanol–water partition coefficient (Wildman–Crippen LogP) is 3.67. The quantitative estimate of drug-likeness (QED) is 0.582. The van der Waals surface area contributed by atoms with E-state index in [-0.39, 0.29) is 12.1 Å². The summed E-state index contributed by atoms with van der Waals surface area (Å²) in [6.07, 6.45) is -5.13. The molecule has 27 heavy (non-hydrogen) atoms. The number of alkyl halides is 3. The number of piperazine rings is 1. The molecule has 1 fully saturated rings. The molecule has 1 aliphatic rings. The number of rotatable bonds is 3.